The molecule has 2 N–H and O–H groups in total. The van der Waals surface area contributed by atoms with Gasteiger partial charge in [0, 0.05) is 38.6 Å². The number of aliphatic hydroxyl groups is 1. The largest absolute Gasteiger partial charge is 0.396 e. The summed E-state index contributed by atoms with van der Waals surface area (Å²) in [6, 6.07) is 3.23. The fourth-order valence-corrected chi connectivity index (χ4v) is 2.56. The Labute approximate surface area is 108 Å². The Balaban J connectivity index is 2.65. The summed E-state index contributed by atoms with van der Waals surface area (Å²) < 4.78 is 27.6. The Kier molecular flexibility index (Phi) is 5.67. The minimum atomic E-state index is -3.54. The summed E-state index contributed by atoms with van der Waals surface area (Å²) in [5, 5.41) is 8.69. The van der Waals surface area contributed by atoms with Crippen LogP contribution < -0.4 is 4.72 Å². The Morgan fingerprint density at radius 1 is 1.56 bits per heavy atom. The van der Waals surface area contributed by atoms with Crippen LogP contribution in [-0.4, -0.2) is 43.0 Å². The fraction of sp³-hybridized carbons (Fsp3) is 0.545. The molecule has 0 amide bonds. The van der Waals surface area contributed by atoms with E-state index in [1.165, 1.54) is 11.4 Å². The van der Waals surface area contributed by atoms with Gasteiger partial charge in [0.1, 0.15) is 0 Å². The average Bonchev–Trinajstić information content (AvgIpc) is 2.36. The molecule has 1 aromatic rings. The van der Waals surface area contributed by atoms with E-state index in [1.807, 2.05) is 6.07 Å². The summed E-state index contributed by atoms with van der Waals surface area (Å²) in [6.45, 7) is 2.01. The van der Waals surface area contributed by atoms with E-state index in [-0.39, 0.29) is 19.2 Å². The molecule has 0 aliphatic carbocycles. The first kappa shape index (κ1) is 15.0. The molecular formula is C11H19N3O3S. The maximum Gasteiger partial charge on any atom is 0.279 e. The minimum absolute atomic E-state index is 0.0297. The van der Waals surface area contributed by atoms with E-state index in [2.05, 4.69) is 9.71 Å². The van der Waals surface area contributed by atoms with E-state index in [0.29, 0.717) is 6.42 Å². The number of nitrogens with zero attached hydrogens (tertiary/aromatic N) is 2. The third kappa shape index (κ3) is 4.34. The molecule has 0 aromatic carbocycles. The lowest BCUT2D eigenvalue weighted by Crippen LogP contribution is -2.40. The van der Waals surface area contributed by atoms with Gasteiger partial charge in [-0.1, -0.05) is 6.07 Å². The van der Waals surface area contributed by atoms with Gasteiger partial charge in [-0.25, -0.2) is 0 Å². The third-order valence-electron chi connectivity index (χ3n) is 2.55. The zero-order chi connectivity index (χ0) is 13.6. The molecule has 102 valence electrons. The predicted molar refractivity (Wildman–Crippen MR) is 69.0 cm³/mol. The van der Waals surface area contributed by atoms with Crippen LogP contribution in [0.5, 0.6) is 0 Å². The van der Waals surface area contributed by atoms with Crippen LogP contribution in [0.1, 0.15) is 24.9 Å². The average molecular weight is 273 g/mol. The first-order chi connectivity index (χ1) is 8.47. The number of aromatic nitrogens is 1. The van der Waals surface area contributed by atoms with E-state index < -0.39 is 10.2 Å². The third-order valence-corrected chi connectivity index (χ3v) is 4.21. The molecule has 0 aliphatic heterocycles. The van der Waals surface area contributed by atoms with Gasteiger partial charge in [-0.05, 0) is 25.0 Å². The molecule has 1 rings (SSSR count). The van der Waals surface area contributed by atoms with Crippen molar-refractivity contribution in [3.05, 3.63) is 30.1 Å². The summed E-state index contributed by atoms with van der Waals surface area (Å²) in [7, 11) is -2.06. The van der Waals surface area contributed by atoms with Gasteiger partial charge in [0.2, 0.25) is 0 Å². The van der Waals surface area contributed by atoms with Gasteiger partial charge in [-0.15, -0.1) is 0 Å². The zero-order valence-electron chi connectivity index (χ0n) is 10.6. The predicted octanol–water partition coefficient (Wildman–Crippen LogP) is 0.291. The highest BCUT2D eigenvalue weighted by Crippen LogP contribution is 2.12. The SMILES string of the molecule is CC(NS(=O)(=O)N(C)CCCO)c1cccnc1. The van der Waals surface area contributed by atoms with E-state index in [0.717, 1.165) is 5.56 Å². The molecule has 18 heavy (non-hydrogen) atoms. The number of rotatable bonds is 7. The molecular weight excluding hydrogens is 254 g/mol. The molecule has 1 atom stereocenters. The van der Waals surface area contributed by atoms with Gasteiger partial charge in [-0.3, -0.25) is 4.98 Å². The van der Waals surface area contributed by atoms with Crippen LogP contribution in [0.4, 0.5) is 0 Å². The van der Waals surface area contributed by atoms with Crippen LogP contribution in [0.15, 0.2) is 24.5 Å². The second-order valence-electron chi connectivity index (χ2n) is 4.03. The Morgan fingerprint density at radius 3 is 2.83 bits per heavy atom. The number of aliphatic hydroxyl groups excluding tert-OH is 1. The molecule has 1 unspecified atom stereocenters. The van der Waals surface area contributed by atoms with Crippen LogP contribution >= 0.6 is 0 Å². The van der Waals surface area contributed by atoms with Gasteiger partial charge >= 0.3 is 0 Å². The molecule has 1 aromatic heterocycles. The van der Waals surface area contributed by atoms with Gasteiger partial charge < -0.3 is 5.11 Å². The molecule has 0 aliphatic rings. The Hall–Kier alpha value is -1.02. The first-order valence-electron chi connectivity index (χ1n) is 5.71. The van der Waals surface area contributed by atoms with Crippen LogP contribution in [-0.2, 0) is 10.2 Å². The van der Waals surface area contributed by atoms with Crippen molar-refractivity contribution < 1.29 is 13.5 Å². The second-order valence-corrected chi connectivity index (χ2v) is 5.84. The molecule has 0 spiro atoms. The molecule has 1 heterocycles. The first-order valence-corrected chi connectivity index (χ1v) is 7.15. The number of pyridine rings is 1. The van der Waals surface area contributed by atoms with Gasteiger partial charge in [-0.2, -0.15) is 17.4 Å². The quantitative estimate of drug-likeness (QED) is 0.748. The minimum Gasteiger partial charge on any atom is -0.396 e. The lowest BCUT2D eigenvalue weighted by atomic mass is 10.2. The van der Waals surface area contributed by atoms with E-state index in [4.69, 9.17) is 5.11 Å². The van der Waals surface area contributed by atoms with Crippen molar-refractivity contribution in [1.29, 1.82) is 0 Å². The fourth-order valence-electron chi connectivity index (χ4n) is 1.43. The van der Waals surface area contributed by atoms with Crippen LogP contribution in [0, 0.1) is 0 Å². The molecule has 0 saturated carbocycles. The maximum absolute atomic E-state index is 11.9. The molecule has 6 nitrogen and oxygen atoms in total. The standard InChI is InChI=1S/C11H19N3O3S/c1-10(11-5-3-6-12-9-11)13-18(16,17)14(2)7-4-8-15/h3,5-6,9-10,13,15H,4,7-8H2,1-2H3. The molecule has 0 fully saturated rings. The Morgan fingerprint density at radius 2 is 2.28 bits per heavy atom. The highest BCUT2D eigenvalue weighted by molar-refractivity contribution is 7.87. The van der Waals surface area contributed by atoms with Crippen molar-refractivity contribution in [2.75, 3.05) is 20.2 Å². The monoisotopic (exact) mass is 273 g/mol. The van der Waals surface area contributed by atoms with E-state index in [9.17, 15) is 8.42 Å². The summed E-state index contributed by atoms with van der Waals surface area (Å²) >= 11 is 0. The van der Waals surface area contributed by atoms with Crippen molar-refractivity contribution in [3.63, 3.8) is 0 Å². The van der Waals surface area contributed by atoms with Crippen LogP contribution in [0.3, 0.4) is 0 Å². The van der Waals surface area contributed by atoms with Crippen molar-refractivity contribution in [1.82, 2.24) is 14.0 Å². The Bertz CT molecular complexity index is 450. The van der Waals surface area contributed by atoms with Gasteiger partial charge in [0.25, 0.3) is 10.2 Å². The summed E-state index contributed by atoms with van der Waals surface area (Å²) in [5.74, 6) is 0. The normalized spacial score (nSPS) is 13.8. The topological polar surface area (TPSA) is 82.5 Å². The van der Waals surface area contributed by atoms with E-state index in [1.54, 1.807) is 25.4 Å². The van der Waals surface area contributed by atoms with E-state index >= 15 is 0 Å². The van der Waals surface area contributed by atoms with Gasteiger partial charge in [0.15, 0.2) is 0 Å². The molecule has 0 saturated heterocycles. The van der Waals surface area contributed by atoms with Gasteiger partial charge in [0.05, 0.1) is 0 Å². The van der Waals surface area contributed by atoms with Crippen molar-refractivity contribution >= 4 is 10.2 Å². The molecule has 7 heteroatoms. The van der Waals surface area contributed by atoms with Crippen LogP contribution in [0.25, 0.3) is 0 Å². The summed E-state index contributed by atoms with van der Waals surface area (Å²) in [4.78, 5) is 3.95. The van der Waals surface area contributed by atoms with Crippen molar-refractivity contribution in [2.24, 2.45) is 0 Å². The smallest absolute Gasteiger partial charge is 0.279 e. The maximum atomic E-state index is 11.9. The summed E-state index contributed by atoms with van der Waals surface area (Å²) in [5.41, 5.74) is 0.802. The number of hydrogen-bond acceptors (Lipinski definition) is 4. The lowest BCUT2D eigenvalue weighted by molar-refractivity contribution is 0.275. The highest BCUT2D eigenvalue weighted by Gasteiger charge is 2.20. The molecule has 0 radical (unpaired) electrons. The van der Waals surface area contributed by atoms with Crippen molar-refractivity contribution in [3.8, 4) is 0 Å². The molecule has 0 bridgehead atoms. The van der Waals surface area contributed by atoms with Crippen molar-refractivity contribution in [2.45, 2.75) is 19.4 Å². The van der Waals surface area contributed by atoms with Crippen LogP contribution in [0.2, 0.25) is 0 Å². The number of nitrogens with one attached hydrogen (secondary N) is 1. The lowest BCUT2D eigenvalue weighted by Gasteiger charge is -2.20. The highest BCUT2D eigenvalue weighted by atomic mass is 32.2. The number of hydrogen-bond donors (Lipinski definition) is 2. The summed E-state index contributed by atoms with van der Waals surface area (Å²) in [6.07, 6.45) is 3.68. The zero-order valence-corrected chi connectivity index (χ0v) is 11.4. The second kappa shape index (κ2) is 6.79.